The van der Waals surface area contributed by atoms with Crippen LogP contribution in [0.4, 0.5) is 0 Å². The summed E-state index contributed by atoms with van der Waals surface area (Å²) in [5, 5.41) is 7.95. The summed E-state index contributed by atoms with van der Waals surface area (Å²) in [7, 11) is 1.86. The van der Waals surface area contributed by atoms with Crippen molar-refractivity contribution in [2.45, 2.75) is 18.6 Å². The number of thioether (sulfide) groups is 1. The molecule has 1 saturated heterocycles. The van der Waals surface area contributed by atoms with Gasteiger partial charge in [0.1, 0.15) is 0 Å². The Balaban J connectivity index is 1.94. The first-order valence-corrected chi connectivity index (χ1v) is 6.45. The topological polar surface area (TPSA) is 78.0 Å². The molecule has 0 saturated carbocycles. The molecule has 1 aliphatic rings. The van der Waals surface area contributed by atoms with E-state index in [1.54, 1.807) is 4.68 Å². The second-order valence-electron chi connectivity index (χ2n) is 3.84. The molecule has 0 amide bonds. The first kappa shape index (κ1) is 11.8. The molecule has 90 valence electrons. The van der Waals surface area contributed by atoms with Crippen molar-refractivity contribution < 1.29 is 4.74 Å². The van der Waals surface area contributed by atoms with E-state index in [0.29, 0.717) is 0 Å². The van der Waals surface area contributed by atoms with Crippen LogP contribution in [0.25, 0.3) is 0 Å². The molecule has 2 atom stereocenters. The van der Waals surface area contributed by atoms with Crippen molar-refractivity contribution >= 4 is 11.8 Å². The molecule has 6 nitrogen and oxygen atoms in total. The van der Waals surface area contributed by atoms with Gasteiger partial charge >= 0.3 is 0 Å². The minimum absolute atomic E-state index is 0.101. The third-order valence-corrected chi connectivity index (χ3v) is 3.60. The third-order valence-electron chi connectivity index (χ3n) is 2.58. The lowest BCUT2D eigenvalue weighted by Crippen LogP contribution is -2.49. The van der Waals surface area contributed by atoms with Crippen LogP contribution in [0.15, 0.2) is 6.20 Å². The van der Waals surface area contributed by atoms with Crippen LogP contribution in [-0.2, 0) is 18.2 Å². The van der Waals surface area contributed by atoms with Gasteiger partial charge in [0.15, 0.2) is 0 Å². The second kappa shape index (κ2) is 5.62. The fraction of sp³-hybridized carbons (Fsp3) is 0.778. The van der Waals surface area contributed by atoms with Gasteiger partial charge in [0.25, 0.3) is 0 Å². The summed E-state index contributed by atoms with van der Waals surface area (Å²) in [5.41, 5.74) is 3.75. The Morgan fingerprint density at radius 2 is 2.69 bits per heavy atom. The number of hydrogen-bond acceptors (Lipinski definition) is 6. The van der Waals surface area contributed by atoms with Crippen LogP contribution in [0.1, 0.15) is 5.69 Å². The molecular formula is C9H17N5OS. The smallest absolute Gasteiger partial charge is 0.0844 e. The number of aromatic nitrogens is 3. The molecule has 0 spiro atoms. The number of nitrogens with two attached hydrogens (primary N) is 1. The fourth-order valence-corrected chi connectivity index (χ4v) is 2.69. The minimum Gasteiger partial charge on any atom is -0.375 e. The van der Waals surface area contributed by atoms with E-state index >= 15 is 0 Å². The summed E-state index contributed by atoms with van der Waals surface area (Å²) in [6, 6.07) is 0.101. The molecule has 3 N–H and O–H groups in total. The van der Waals surface area contributed by atoms with E-state index in [9.17, 15) is 0 Å². The molecule has 0 aliphatic carbocycles. The van der Waals surface area contributed by atoms with Crippen LogP contribution in [0.5, 0.6) is 0 Å². The molecule has 16 heavy (non-hydrogen) atoms. The Morgan fingerprint density at radius 3 is 3.25 bits per heavy atom. The number of nitrogens with one attached hydrogen (secondary N) is 1. The molecule has 2 heterocycles. The quantitative estimate of drug-likeness (QED) is 0.539. The number of aryl methyl sites for hydroxylation is 1. The first-order chi connectivity index (χ1) is 7.79. The van der Waals surface area contributed by atoms with Crippen molar-refractivity contribution in [2.24, 2.45) is 12.9 Å². The van der Waals surface area contributed by atoms with Gasteiger partial charge in [-0.3, -0.25) is 16.0 Å². The molecule has 1 aromatic heterocycles. The predicted octanol–water partition coefficient (Wildman–Crippen LogP) is -0.678. The van der Waals surface area contributed by atoms with E-state index in [4.69, 9.17) is 10.6 Å². The standard InChI is InChI=1S/C9H17N5OS/c1-14-5-7(12-13-14)4-8(11-10)9-6-16-3-2-15-9/h5,8-9,11H,2-4,6,10H2,1H3. The summed E-state index contributed by atoms with van der Waals surface area (Å²) in [6.45, 7) is 0.800. The summed E-state index contributed by atoms with van der Waals surface area (Å²) in [4.78, 5) is 0. The van der Waals surface area contributed by atoms with Crippen molar-refractivity contribution in [1.82, 2.24) is 20.4 Å². The molecular weight excluding hydrogens is 226 g/mol. The lowest BCUT2D eigenvalue weighted by Gasteiger charge is -2.29. The Morgan fingerprint density at radius 1 is 1.81 bits per heavy atom. The van der Waals surface area contributed by atoms with Gasteiger partial charge in [0.2, 0.25) is 0 Å². The zero-order chi connectivity index (χ0) is 11.4. The van der Waals surface area contributed by atoms with Crippen LogP contribution < -0.4 is 11.3 Å². The van der Waals surface area contributed by atoms with Crippen molar-refractivity contribution in [1.29, 1.82) is 0 Å². The van der Waals surface area contributed by atoms with E-state index in [1.807, 2.05) is 25.0 Å². The Hall–Kier alpha value is -0.630. The molecule has 2 unspecified atom stereocenters. The third kappa shape index (κ3) is 2.94. The number of nitrogens with zero attached hydrogens (tertiary/aromatic N) is 3. The average molecular weight is 243 g/mol. The van der Waals surface area contributed by atoms with Gasteiger partial charge in [0, 0.05) is 31.2 Å². The number of ether oxygens (including phenoxy) is 1. The Labute approximate surface area is 98.9 Å². The van der Waals surface area contributed by atoms with E-state index in [1.165, 1.54) is 0 Å². The van der Waals surface area contributed by atoms with Crippen molar-refractivity contribution in [3.8, 4) is 0 Å². The van der Waals surface area contributed by atoms with Gasteiger partial charge in [-0.15, -0.1) is 5.10 Å². The molecule has 0 radical (unpaired) electrons. The fourth-order valence-electron chi connectivity index (χ4n) is 1.75. The monoisotopic (exact) mass is 243 g/mol. The van der Waals surface area contributed by atoms with Gasteiger partial charge in [-0.05, 0) is 0 Å². The normalized spacial score (nSPS) is 23.2. The zero-order valence-electron chi connectivity index (χ0n) is 9.30. The summed E-state index contributed by atoms with van der Waals surface area (Å²) in [6.07, 6.45) is 2.81. The van der Waals surface area contributed by atoms with Gasteiger partial charge in [-0.25, -0.2) is 0 Å². The highest BCUT2D eigenvalue weighted by atomic mass is 32.2. The van der Waals surface area contributed by atoms with Crippen LogP contribution in [0.3, 0.4) is 0 Å². The van der Waals surface area contributed by atoms with Gasteiger partial charge in [0.05, 0.1) is 24.4 Å². The average Bonchev–Trinajstić information content (AvgIpc) is 2.73. The summed E-state index contributed by atoms with van der Waals surface area (Å²) in [5.74, 6) is 7.61. The Kier molecular flexibility index (Phi) is 4.16. The van der Waals surface area contributed by atoms with Gasteiger partial charge in [-0.2, -0.15) is 11.8 Å². The number of rotatable bonds is 4. The summed E-state index contributed by atoms with van der Waals surface area (Å²) < 4.78 is 7.39. The van der Waals surface area contributed by atoms with Crippen LogP contribution in [-0.4, -0.2) is 45.3 Å². The Bertz CT molecular complexity index is 325. The van der Waals surface area contributed by atoms with Gasteiger partial charge in [-0.1, -0.05) is 5.21 Å². The number of hydrazine groups is 1. The van der Waals surface area contributed by atoms with Gasteiger partial charge < -0.3 is 4.74 Å². The predicted molar refractivity (Wildman–Crippen MR) is 62.9 cm³/mol. The van der Waals surface area contributed by atoms with E-state index in [2.05, 4.69) is 15.7 Å². The van der Waals surface area contributed by atoms with E-state index in [-0.39, 0.29) is 12.1 Å². The van der Waals surface area contributed by atoms with E-state index in [0.717, 1.165) is 30.2 Å². The highest BCUT2D eigenvalue weighted by Gasteiger charge is 2.24. The molecule has 7 heteroatoms. The summed E-state index contributed by atoms with van der Waals surface area (Å²) >= 11 is 1.90. The zero-order valence-corrected chi connectivity index (χ0v) is 10.1. The maximum atomic E-state index is 5.69. The van der Waals surface area contributed by atoms with Crippen LogP contribution in [0.2, 0.25) is 0 Å². The minimum atomic E-state index is 0.101. The highest BCUT2D eigenvalue weighted by Crippen LogP contribution is 2.17. The van der Waals surface area contributed by atoms with Crippen molar-refractivity contribution in [2.75, 3.05) is 18.1 Å². The largest absolute Gasteiger partial charge is 0.375 e. The van der Waals surface area contributed by atoms with Crippen LogP contribution in [0, 0.1) is 0 Å². The number of hydrogen-bond donors (Lipinski definition) is 2. The molecule has 2 rings (SSSR count). The first-order valence-electron chi connectivity index (χ1n) is 5.30. The lowest BCUT2D eigenvalue weighted by molar-refractivity contribution is 0.0469. The highest BCUT2D eigenvalue weighted by molar-refractivity contribution is 7.99. The lowest BCUT2D eigenvalue weighted by atomic mass is 10.1. The molecule has 0 bridgehead atoms. The molecule has 0 aromatic carbocycles. The van der Waals surface area contributed by atoms with Crippen molar-refractivity contribution in [3.63, 3.8) is 0 Å². The van der Waals surface area contributed by atoms with E-state index < -0.39 is 0 Å². The second-order valence-corrected chi connectivity index (χ2v) is 4.99. The molecule has 1 aliphatic heterocycles. The maximum absolute atomic E-state index is 5.69. The van der Waals surface area contributed by atoms with Crippen molar-refractivity contribution in [3.05, 3.63) is 11.9 Å². The van der Waals surface area contributed by atoms with Crippen LogP contribution >= 0.6 is 11.8 Å². The molecule has 1 aromatic rings. The maximum Gasteiger partial charge on any atom is 0.0844 e. The SMILES string of the molecule is Cn1cc(CC(NN)C2CSCCO2)nn1. The molecule has 1 fully saturated rings.